The molecule has 1 saturated heterocycles. The van der Waals surface area contributed by atoms with Crippen molar-refractivity contribution in [3.63, 3.8) is 0 Å². The molecule has 0 bridgehead atoms. The van der Waals surface area contributed by atoms with Crippen LogP contribution < -0.4 is 4.90 Å². The van der Waals surface area contributed by atoms with Gasteiger partial charge in [-0.3, -0.25) is 19.8 Å². The average Bonchev–Trinajstić information content (AvgIpc) is 3.45. The third kappa shape index (κ3) is 7.16. The third-order valence-corrected chi connectivity index (χ3v) is 7.18. The SMILES string of the molecule is O=C(c1ccc(CN(Cc2ccccc2)Cc2ccc(C(F)(F)F)cc2)o1)N1CCN(c2ccc([N+](=O)[O-])cc2)CC1. The molecule has 1 fully saturated rings. The second-order valence-corrected chi connectivity index (χ2v) is 10.1. The van der Waals surface area contributed by atoms with Crippen molar-refractivity contribution in [1.82, 2.24) is 9.80 Å². The Balaban J connectivity index is 1.22. The minimum Gasteiger partial charge on any atom is -0.455 e. The van der Waals surface area contributed by atoms with E-state index in [1.54, 1.807) is 29.2 Å². The molecule has 218 valence electrons. The average molecular weight is 579 g/mol. The number of carbonyl (C=O) groups is 1. The van der Waals surface area contributed by atoms with Crippen LogP contribution in [0.2, 0.25) is 0 Å². The van der Waals surface area contributed by atoms with Gasteiger partial charge in [0.25, 0.3) is 11.6 Å². The molecule has 11 heteroatoms. The minimum atomic E-state index is -4.39. The van der Waals surface area contributed by atoms with Gasteiger partial charge in [-0.05, 0) is 47.5 Å². The van der Waals surface area contributed by atoms with Gasteiger partial charge in [-0.15, -0.1) is 0 Å². The number of amides is 1. The first-order chi connectivity index (χ1) is 20.2. The predicted octanol–water partition coefficient (Wildman–Crippen LogP) is 6.37. The molecule has 1 aliphatic rings. The second kappa shape index (κ2) is 12.5. The first-order valence-corrected chi connectivity index (χ1v) is 13.5. The third-order valence-electron chi connectivity index (χ3n) is 7.18. The Labute approximate surface area is 240 Å². The number of nitro benzene ring substituents is 1. The highest BCUT2D eigenvalue weighted by Crippen LogP contribution is 2.29. The number of hydrogen-bond acceptors (Lipinski definition) is 6. The number of alkyl halides is 3. The van der Waals surface area contributed by atoms with Crippen LogP contribution in [0.1, 0.15) is 33.0 Å². The van der Waals surface area contributed by atoms with E-state index in [1.807, 2.05) is 35.2 Å². The van der Waals surface area contributed by atoms with Gasteiger partial charge in [-0.25, -0.2) is 0 Å². The monoisotopic (exact) mass is 578 g/mol. The molecule has 42 heavy (non-hydrogen) atoms. The van der Waals surface area contributed by atoms with Crippen molar-refractivity contribution in [3.05, 3.63) is 129 Å². The summed E-state index contributed by atoms with van der Waals surface area (Å²) in [7, 11) is 0. The first-order valence-electron chi connectivity index (χ1n) is 13.5. The van der Waals surface area contributed by atoms with Gasteiger partial charge in [0.05, 0.1) is 17.0 Å². The number of non-ortho nitro benzene ring substituents is 1. The standard InChI is InChI=1S/C31H29F3N4O4/c32-31(33,34)25-8-6-24(7-9-25)21-35(20-23-4-2-1-3-5-23)22-28-14-15-29(42-28)30(39)37-18-16-36(17-19-37)26-10-12-27(13-11-26)38(40)41/h1-15H,16-22H2. The zero-order valence-corrected chi connectivity index (χ0v) is 22.7. The number of rotatable bonds is 9. The van der Waals surface area contributed by atoms with Crippen molar-refractivity contribution in [2.75, 3.05) is 31.1 Å². The molecule has 0 atom stereocenters. The number of nitro groups is 1. The summed E-state index contributed by atoms with van der Waals surface area (Å²) in [5.41, 5.74) is 1.97. The minimum absolute atomic E-state index is 0.0304. The van der Waals surface area contributed by atoms with Gasteiger partial charge in [0.15, 0.2) is 5.76 Å². The van der Waals surface area contributed by atoms with Crippen LogP contribution in [-0.2, 0) is 25.8 Å². The summed E-state index contributed by atoms with van der Waals surface area (Å²) in [5.74, 6) is 0.579. The van der Waals surface area contributed by atoms with E-state index in [2.05, 4.69) is 4.90 Å². The van der Waals surface area contributed by atoms with Gasteiger partial charge in [0.2, 0.25) is 0 Å². The molecule has 0 radical (unpaired) electrons. The quantitative estimate of drug-likeness (QED) is 0.170. The molecule has 1 aliphatic heterocycles. The summed E-state index contributed by atoms with van der Waals surface area (Å²) in [6, 6.07) is 24.6. The zero-order chi connectivity index (χ0) is 29.7. The van der Waals surface area contributed by atoms with Crippen molar-refractivity contribution in [2.45, 2.75) is 25.8 Å². The molecule has 0 saturated carbocycles. The van der Waals surface area contributed by atoms with E-state index in [9.17, 15) is 28.1 Å². The fraction of sp³-hybridized carbons (Fsp3) is 0.258. The molecule has 3 aromatic carbocycles. The molecule has 0 unspecified atom stereocenters. The maximum atomic E-state index is 13.2. The number of halogens is 3. The molecule has 0 spiro atoms. The highest BCUT2D eigenvalue weighted by Gasteiger charge is 2.30. The van der Waals surface area contributed by atoms with Gasteiger partial charge < -0.3 is 14.2 Å². The maximum Gasteiger partial charge on any atom is 0.416 e. The Hall–Kier alpha value is -4.64. The lowest BCUT2D eigenvalue weighted by Gasteiger charge is -2.35. The molecule has 0 aliphatic carbocycles. The van der Waals surface area contributed by atoms with Crippen LogP contribution in [0, 0.1) is 10.1 Å². The Morgan fingerprint density at radius 3 is 2.02 bits per heavy atom. The van der Waals surface area contributed by atoms with Gasteiger partial charge in [-0.2, -0.15) is 13.2 Å². The van der Waals surface area contributed by atoms with Crippen molar-refractivity contribution in [3.8, 4) is 0 Å². The number of piperazine rings is 1. The van der Waals surface area contributed by atoms with E-state index in [0.29, 0.717) is 51.6 Å². The van der Waals surface area contributed by atoms with E-state index >= 15 is 0 Å². The van der Waals surface area contributed by atoms with Crippen LogP contribution in [0.5, 0.6) is 0 Å². The topological polar surface area (TPSA) is 83.1 Å². The highest BCUT2D eigenvalue weighted by molar-refractivity contribution is 5.91. The van der Waals surface area contributed by atoms with E-state index in [-0.39, 0.29) is 17.4 Å². The smallest absolute Gasteiger partial charge is 0.416 e. The van der Waals surface area contributed by atoms with Crippen LogP contribution >= 0.6 is 0 Å². The molecule has 0 N–H and O–H groups in total. The van der Waals surface area contributed by atoms with E-state index in [4.69, 9.17) is 4.42 Å². The number of furan rings is 1. The van der Waals surface area contributed by atoms with Gasteiger partial charge >= 0.3 is 6.18 Å². The summed E-state index contributed by atoms with van der Waals surface area (Å²) in [6.07, 6.45) is -4.39. The number of hydrogen-bond donors (Lipinski definition) is 0. The zero-order valence-electron chi connectivity index (χ0n) is 22.7. The second-order valence-electron chi connectivity index (χ2n) is 10.1. The van der Waals surface area contributed by atoms with Crippen LogP contribution in [-0.4, -0.2) is 46.8 Å². The number of nitrogens with zero attached hydrogens (tertiary/aromatic N) is 4. The number of anilines is 1. The predicted molar refractivity (Wildman–Crippen MR) is 151 cm³/mol. The summed E-state index contributed by atoms with van der Waals surface area (Å²) < 4.78 is 45.0. The summed E-state index contributed by atoms with van der Waals surface area (Å²) in [5, 5.41) is 10.9. The molecule has 4 aromatic rings. The Morgan fingerprint density at radius 2 is 1.43 bits per heavy atom. The Kier molecular flexibility index (Phi) is 8.58. The van der Waals surface area contributed by atoms with Crippen molar-refractivity contribution in [1.29, 1.82) is 0 Å². The molecule has 1 aromatic heterocycles. The van der Waals surface area contributed by atoms with E-state index in [0.717, 1.165) is 28.9 Å². The molecular formula is C31H29F3N4O4. The Bertz CT molecular complexity index is 1500. The van der Waals surface area contributed by atoms with E-state index < -0.39 is 16.7 Å². The first kappa shape index (κ1) is 28.9. The highest BCUT2D eigenvalue weighted by atomic mass is 19.4. The molecule has 8 nitrogen and oxygen atoms in total. The summed E-state index contributed by atoms with van der Waals surface area (Å²) in [6.45, 7) is 3.39. The van der Waals surface area contributed by atoms with Crippen molar-refractivity contribution in [2.24, 2.45) is 0 Å². The maximum absolute atomic E-state index is 13.2. The summed E-state index contributed by atoms with van der Waals surface area (Å²) in [4.78, 5) is 29.5. The van der Waals surface area contributed by atoms with Crippen LogP contribution in [0.25, 0.3) is 0 Å². The lowest BCUT2D eigenvalue weighted by atomic mass is 10.1. The van der Waals surface area contributed by atoms with E-state index in [1.165, 1.54) is 24.3 Å². The molecule has 2 heterocycles. The van der Waals surface area contributed by atoms with Crippen LogP contribution in [0.4, 0.5) is 24.5 Å². The van der Waals surface area contributed by atoms with Crippen molar-refractivity contribution >= 4 is 17.3 Å². The normalized spacial score (nSPS) is 13.9. The largest absolute Gasteiger partial charge is 0.455 e. The molecule has 5 rings (SSSR count). The fourth-order valence-electron chi connectivity index (χ4n) is 4.97. The van der Waals surface area contributed by atoms with Crippen molar-refractivity contribution < 1.29 is 27.3 Å². The molecular weight excluding hydrogens is 549 g/mol. The number of carbonyl (C=O) groups excluding carboxylic acids is 1. The lowest BCUT2D eigenvalue weighted by Crippen LogP contribution is -2.48. The fourth-order valence-corrected chi connectivity index (χ4v) is 4.97. The van der Waals surface area contributed by atoms with Gasteiger partial charge in [0, 0.05) is 57.1 Å². The van der Waals surface area contributed by atoms with Crippen LogP contribution in [0.3, 0.4) is 0 Å². The summed E-state index contributed by atoms with van der Waals surface area (Å²) >= 11 is 0. The molecule has 1 amide bonds. The van der Waals surface area contributed by atoms with Gasteiger partial charge in [0.1, 0.15) is 5.76 Å². The number of benzene rings is 3. The Morgan fingerprint density at radius 1 is 0.810 bits per heavy atom. The lowest BCUT2D eigenvalue weighted by molar-refractivity contribution is -0.384. The van der Waals surface area contributed by atoms with Crippen LogP contribution in [0.15, 0.2) is 95.4 Å². The van der Waals surface area contributed by atoms with Gasteiger partial charge in [-0.1, -0.05) is 42.5 Å².